The Hall–Kier alpha value is -2.38. The van der Waals surface area contributed by atoms with Crippen molar-refractivity contribution in [2.75, 3.05) is 13.1 Å². The summed E-state index contributed by atoms with van der Waals surface area (Å²) >= 11 is 0. The number of rotatable bonds is 8. The molecule has 0 spiro atoms. The van der Waals surface area contributed by atoms with E-state index in [9.17, 15) is 0 Å². The molecule has 0 amide bonds. The van der Waals surface area contributed by atoms with Crippen LogP contribution in [0, 0.1) is 10.8 Å². The molecule has 1 aliphatic heterocycles. The molecule has 36 heavy (non-hydrogen) atoms. The molecule has 2 aliphatic carbocycles. The Morgan fingerprint density at radius 3 is 2.28 bits per heavy atom. The first-order valence-electron chi connectivity index (χ1n) is 14.2. The molecule has 0 unspecified atom stereocenters. The van der Waals surface area contributed by atoms with Gasteiger partial charge in [0.2, 0.25) is 0 Å². The Morgan fingerprint density at radius 2 is 1.67 bits per heavy atom. The molecule has 1 saturated carbocycles. The highest BCUT2D eigenvalue weighted by molar-refractivity contribution is 5.75. The van der Waals surface area contributed by atoms with Crippen LogP contribution >= 0.6 is 0 Å². The van der Waals surface area contributed by atoms with Crippen molar-refractivity contribution < 1.29 is 0 Å². The zero-order chi connectivity index (χ0) is 25.6. The quantitative estimate of drug-likeness (QED) is 0.342. The van der Waals surface area contributed by atoms with Crippen molar-refractivity contribution in [1.29, 1.82) is 0 Å². The lowest BCUT2D eigenvalue weighted by Gasteiger charge is -2.52. The predicted octanol–water partition coefficient (Wildman–Crippen LogP) is 8.85. The van der Waals surface area contributed by atoms with E-state index >= 15 is 0 Å². The van der Waals surface area contributed by atoms with E-state index in [0.717, 1.165) is 19.5 Å². The van der Waals surface area contributed by atoms with E-state index < -0.39 is 0 Å². The average Bonchev–Trinajstić information content (AvgIpc) is 3.69. The van der Waals surface area contributed by atoms with Crippen molar-refractivity contribution in [3.8, 4) is 0 Å². The van der Waals surface area contributed by atoms with Gasteiger partial charge in [-0.2, -0.15) is 0 Å². The SMILES string of the molecule is C=Cc1ccc(C2([C@@H](C)N3CC=C4C(C)(C)C(c5ccc(CCCC)cc5)=CC[C@]4(C)C3)CC2)cc1. The molecule has 1 heteroatoms. The molecule has 2 atom stereocenters. The van der Waals surface area contributed by atoms with Crippen LogP contribution in [0.2, 0.25) is 0 Å². The van der Waals surface area contributed by atoms with Gasteiger partial charge >= 0.3 is 0 Å². The third-order valence-corrected chi connectivity index (χ3v) is 9.78. The van der Waals surface area contributed by atoms with E-state index in [1.165, 1.54) is 59.9 Å². The first-order valence-corrected chi connectivity index (χ1v) is 14.2. The fourth-order valence-electron chi connectivity index (χ4n) is 7.35. The summed E-state index contributed by atoms with van der Waals surface area (Å²) in [5.41, 5.74) is 9.31. The van der Waals surface area contributed by atoms with E-state index in [1.54, 1.807) is 5.57 Å². The van der Waals surface area contributed by atoms with Crippen molar-refractivity contribution in [2.45, 2.75) is 84.6 Å². The molecule has 0 radical (unpaired) electrons. The molecule has 2 aromatic carbocycles. The van der Waals surface area contributed by atoms with Gasteiger partial charge in [-0.25, -0.2) is 0 Å². The van der Waals surface area contributed by atoms with Gasteiger partial charge in [-0.1, -0.05) is 113 Å². The number of aryl methyl sites for hydroxylation is 1. The van der Waals surface area contributed by atoms with E-state index in [0.29, 0.717) is 11.5 Å². The van der Waals surface area contributed by atoms with Crippen LogP contribution in [0.1, 0.15) is 89.0 Å². The summed E-state index contributed by atoms with van der Waals surface area (Å²) in [5, 5.41) is 0. The maximum atomic E-state index is 3.92. The normalized spacial score (nSPS) is 25.4. The van der Waals surface area contributed by atoms with E-state index in [-0.39, 0.29) is 10.8 Å². The molecule has 1 heterocycles. The number of hydrogen-bond donors (Lipinski definition) is 0. The summed E-state index contributed by atoms with van der Waals surface area (Å²) in [6.45, 7) is 18.3. The lowest BCUT2D eigenvalue weighted by molar-refractivity contribution is 0.110. The Bertz CT molecular complexity index is 1160. The van der Waals surface area contributed by atoms with Gasteiger partial charge in [-0.3, -0.25) is 4.90 Å². The van der Waals surface area contributed by atoms with Crippen LogP contribution in [0.25, 0.3) is 11.6 Å². The molecular weight excluding hydrogens is 434 g/mol. The van der Waals surface area contributed by atoms with E-state index in [2.05, 4.69) is 107 Å². The van der Waals surface area contributed by atoms with Crippen molar-refractivity contribution in [1.82, 2.24) is 4.90 Å². The maximum Gasteiger partial charge on any atom is 0.0169 e. The second kappa shape index (κ2) is 9.49. The van der Waals surface area contributed by atoms with Crippen LogP contribution in [0.4, 0.5) is 0 Å². The number of allylic oxidation sites excluding steroid dienone is 2. The summed E-state index contributed by atoms with van der Waals surface area (Å²) in [7, 11) is 0. The summed E-state index contributed by atoms with van der Waals surface area (Å²) in [6.07, 6.45) is 14.5. The van der Waals surface area contributed by atoms with Crippen molar-refractivity contribution in [3.63, 3.8) is 0 Å². The minimum absolute atomic E-state index is 0.0606. The highest BCUT2D eigenvalue weighted by Crippen LogP contribution is 2.57. The second-order valence-corrected chi connectivity index (χ2v) is 12.5. The molecule has 1 nitrogen and oxygen atoms in total. The van der Waals surface area contributed by atoms with Crippen molar-refractivity contribution in [3.05, 3.63) is 95.1 Å². The fraction of sp³-hybridized carbons (Fsp3) is 0.486. The van der Waals surface area contributed by atoms with Gasteiger partial charge in [0.05, 0.1) is 0 Å². The van der Waals surface area contributed by atoms with Gasteiger partial charge < -0.3 is 0 Å². The molecule has 1 fully saturated rings. The minimum atomic E-state index is 0.0606. The Kier molecular flexibility index (Phi) is 6.66. The van der Waals surface area contributed by atoms with Crippen LogP contribution in [-0.4, -0.2) is 24.0 Å². The Morgan fingerprint density at radius 1 is 0.972 bits per heavy atom. The molecule has 2 aromatic rings. The van der Waals surface area contributed by atoms with Gasteiger partial charge in [-0.15, -0.1) is 0 Å². The Labute approximate surface area is 220 Å². The molecular formula is C35H45N. The monoisotopic (exact) mass is 479 g/mol. The molecule has 0 aromatic heterocycles. The Balaban J connectivity index is 1.36. The third kappa shape index (κ3) is 4.34. The molecule has 0 N–H and O–H groups in total. The maximum absolute atomic E-state index is 3.92. The van der Waals surface area contributed by atoms with Gasteiger partial charge in [0.25, 0.3) is 0 Å². The predicted molar refractivity (Wildman–Crippen MR) is 156 cm³/mol. The molecule has 0 bridgehead atoms. The highest BCUT2D eigenvalue weighted by Gasteiger charge is 2.53. The number of hydrogen-bond acceptors (Lipinski definition) is 1. The van der Waals surface area contributed by atoms with Gasteiger partial charge in [0.1, 0.15) is 0 Å². The topological polar surface area (TPSA) is 3.24 Å². The van der Waals surface area contributed by atoms with Crippen LogP contribution in [0.3, 0.4) is 0 Å². The standard InChI is InChI=1S/C35H45N/c1-7-9-10-28-11-15-29(16-12-28)31-19-21-34(6)25-36(24-20-32(34)33(31,4)5)26(3)35(22-23-35)30-17-13-27(8-2)14-18-30/h8,11-20,26H,2,7,9-10,21-25H2,1,3-6H3/t26-,34-/m1/s1. The summed E-state index contributed by atoms with van der Waals surface area (Å²) in [5.74, 6) is 0. The largest absolute Gasteiger partial charge is 0.295 e. The molecule has 0 saturated heterocycles. The number of unbranched alkanes of at least 4 members (excludes halogenated alkanes) is 1. The van der Waals surface area contributed by atoms with E-state index in [4.69, 9.17) is 0 Å². The second-order valence-electron chi connectivity index (χ2n) is 12.5. The summed E-state index contributed by atoms with van der Waals surface area (Å²) < 4.78 is 0. The van der Waals surface area contributed by atoms with Gasteiger partial charge in [-0.05, 0) is 66.9 Å². The highest BCUT2D eigenvalue weighted by atomic mass is 15.2. The van der Waals surface area contributed by atoms with Crippen molar-refractivity contribution >= 4 is 11.6 Å². The van der Waals surface area contributed by atoms with Crippen LogP contribution in [0.15, 0.2) is 72.8 Å². The minimum Gasteiger partial charge on any atom is -0.295 e. The lowest BCUT2D eigenvalue weighted by atomic mass is 9.58. The molecule has 3 aliphatic rings. The van der Waals surface area contributed by atoms with Crippen molar-refractivity contribution in [2.24, 2.45) is 10.8 Å². The zero-order valence-corrected chi connectivity index (χ0v) is 23.2. The molecule has 5 rings (SSSR count). The first kappa shape index (κ1) is 25.3. The number of fused-ring (bicyclic) bond motifs is 1. The summed E-state index contributed by atoms with van der Waals surface area (Å²) in [6, 6.07) is 19.1. The van der Waals surface area contributed by atoms with Crippen LogP contribution in [0.5, 0.6) is 0 Å². The summed E-state index contributed by atoms with van der Waals surface area (Å²) in [4.78, 5) is 2.77. The van der Waals surface area contributed by atoms with Gasteiger partial charge in [0.15, 0.2) is 0 Å². The van der Waals surface area contributed by atoms with Crippen LogP contribution < -0.4 is 0 Å². The number of nitrogens with zero attached hydrogens (tertiary/aromatic N) is 1. The molecule has 190 valence electrons. The van der Waals surface area contributed by atoms with E-state index in [1.807, 2.05) is 6.08 Å². The van der Waals surface area contributed by atoms with Crippen LogP contribution in [-0.2, 0) is 11.8 Å². The lowest BCUT2D eigenvalue weighted by Crippen LogP contribution is -2.52. The fourth-order valence-corrected chi connectivity index (χ4v) is 7.35. The van der Waals surface area contributed by atoms with Gasteiger partial charge in [0, 0.05) is 35.4 Å². The number of benzene rings is 2. The zero-order valence-electron chi connectivity index (χ0n) is 23.2. The smallest absolute Gasteiger partial charge is 0.0169 e. The third-order valence-electron chi connectivity index (χ3n) is 9.78. The average molecular weight is 480 g/mol. The first-order chi connectivity index (χ1) is 17.2.